The molecule has 0 atom stereocenters. The van der Waals surface area contributed by atoms with E-state index in [0.717, 1.165) is 51.4 Å². The van der Waals surface area contributed by atoms with Crippen molar-refractivity contribution >= 4 is 29.9 Å². The van der Waals surface area contributed by atoms with Gasteiger partial charge in [0, 0.05) is 0 Å². The standard InChI is InChI=1S/C14H28O2.Sn.4H/c1-4-7-10-13(11-8-5-2)14(15)16-12-9-6-3;;;;;/h13H,4-12H2,1-3H3;;;;;. The van der Waals surface area contributed by atoms with Gasteiger partial charge in [-0.05, 0) is 19.3 Å². The molecule has 0 unspecified atom stereocenters. The van der Waals surface area contributed by atoms with E-state index < -0.39 is 0 Å². The second-order valence-corrected chi connectivity index (χ2v) is 4.50. The van der Waals surface area contributed by atoms with Gasteiger partial charge < -0.3 is 4.74 Å². The first kappa shape index (κ1) is 19.6. The minimum atomic E-state index is 0. The number of carbonyl (C=O) groups is 1. The van der Waals surface area contributed by atoms with Crippen LogP contribution in [-0.4, -0.2) is 36.5 Å². The molecule has 0 fully saturated rings. The van der Waals surface area contributed by atoms with Crippen LogP contribution in [0.2, 0.25) is 0 Å². The van der Waals surface area contributed by atoms with Crippen molar-refractivity contribution in [3.05, 3.63) is 0 Å². The van der Waals surface area contributed by atoms with Crippen molar-refractivity contribution in [2.24, 2.45) is 5.92 Å². The fourth-order valence-corrected chi connectivity index (χ4v) is 1.72. The van der Waals surface area contributed by atoms with Crippen LogP contribution in [0.15, 0.2) is 0 Å². The van der Waals surface area contributed by atoms with Crippen molar-refractivity contribution in [2.75, 3.05) is 6.61 Å². The second-order valence-electron chi connectivity index (χ2n) is 4.50. The molecule has 0 aliphatic heterocycles. The number of esters is 1. The van der Waals surface area contributed by atoms with Crippen molar-refractivity contribution in [1.29, 1.82) is 0 Å². The summed E-state index contributed by atoms with van der Waals surface area (Å²) in [6.07, 6.45) is 8.66. The van der Waals surface area contributed by atoms with E-state index in [2.05, 4.69) is 20.8 Å². The van der Waals surface area contributed by atoms with Gasteiger partial charge in [0.1, 0.15) is 0 Å². The molecule has 3 heteroatoms. The SMILES string of the molecule is CCCCOC(=O)C(CCCC)CCCC.[SnH4]. The molecular formula is C14H32O2Sn. The van der Waals surface area contributed by atoms with Gasteiger partial charge in [0.05, 0.1) is 12.5 Å². The molecule has 0 heterocycles. The first-order valence-electron chi connectivity index (χ1n) is 6.92. The Labute approximate surface area is 124 Å². The summed E-state index contributed by atoms with van der Waals surface area (Å²) < 4.78 is 5.30. The number of carbonyl (C=O) groups excluding carboxylic acids is 1. The van der Waals surface area contributed by atoms with E-state index in [1.807, 2.05) is 0 Å². The molecule has 0 rings (SSSR count). The Kier molecular flexibility index (Phi) is 16.5. The molecule has 0 radical (unpaired) electrons. The molecule has 0 bridgehead atoms. The van der Waals surface area contributed by atoms with Crippen LogP contribution in [-0.2, 0) is 9.53 Å². The molecule has 104 valence electrons. The first-order valence-corrected chi connectivity index (χ1v) is 6.92. The van der Waals surface area contributed by atoms with Crippen LogP contribution in [0, 0.1) is 5.92 Å². The van der Waals surface area contributed by atoms with E-state index in [-0.39, 0.29) is 35.8 Å². The molecule has 17 heavy (non-hydrogen) atoms. The van der Waals surface area contributed by atoms with Crippen LogP contribution in [0.3, 0.4) is 0 Å². The zero-order valence-electron chi connectivity index (χ0n) is 11.3. The van der Waals surface area contributed by atoms with E-state index in [9.17, 15) is 4.79 Å². The quantitative estimate of drug-likeness (QED) is 0.344. The molecule has 0 saturated carbocycles. The van der Waals surface area contributed by atoms with Crippen LogP contribution in [0.25, 0.3) is 0 Å². The molecule has 0 amide bonds. The Bertz CT molecular complexity index is 164. The van der Waals surface area contributed by atoms with Crippen LogP contribution in [0.1, 0.15) is 72.1 Å². The van der Waals surface area contributed by atoms with Crippen LogP contribution in [0.5, 0.6) is 0 Å². The van der Waals surface area contributed by atoms with Crippen molar-refractivity contribution in [2.45, 2.75) is 72.1 Å². The van der Waals surface area contributed by atoms with Gasteiger partial charge in [0.2, 0.25) is 0 Å². The summed E-state index contributed by atoms with van der Waals surface area (Å²) in [7, 11) is 0. The van der Waals surface area contributed by atoms with Crippen molar-refractivity contribution < 1.29 is 9.53 Å². The molecule has 0 aromatic rings. The van der Waals surface area contributed by atoms with Crippen LogP contribution in [0.4, 0.5) is 0 Å². The average molecular weight is 351 g/mol. The number of unbranched alkanes of at least 4 members (excludes halogenated alkanes) is 3. The van der Waals surface area contributed by atoms with Crippen LogP contribution < -0.4 is 0 Å². The number of hydrogen-bond donors (Lipinski definition) is 0. The zero-order chi connectivity index (χ0) is 12.2. The van der Waals surface area contributed by atoms with Gasteiger partial charge in [0.15, 0.2) is 0 Å². The van der Waals surface area contributed by atoms with Gasteiger partial charge in [-0.15, -0.1) is 0 Å². The predicted octanol–water partition coefficient (Wildman–Crippen LogP) is 2.87. The van der Waals surface area contributed by atoms with Crippen molar-refractivity contribution in [1.82, 2.24) is 0 Å². The van der Waals surface area contributed by atoms with Gasteiger partial charge in [-0.1, -0.05) is 52.9 Å². The Morgan fingerprint density at radius 1 is 0.941 bits per heavy atom. The minimum absolute atomic E-state index is 0. The maximum atomic E-state index is 11.8. The molecule has 0 aliphatic carbocycles. The normalized spacial score (nSPS) is 10.1. The number of ether oxygens (including phenoxy) is 1. The second kappa shape index (κ2) is 14.3. The summed E-state index contributed by atoms with van der Waals surface area (Å²) in [6, 6.07) is 0. The summed E-state index contributed by atoms with van der Waals surface area (Å²) in [4.78, 5) is 11.8. The predicted molar refractivity (Wildman–Crippen MR) is 79.7 cm³/mol. The van der Waals surface area contributed by atoms with Gasteiger partial charge in [-0.2, -0.15) is 0 Å². The number of rotatable bonds is 10. The maximum absolute atomic E-state index is 11.8. The third-order valence-corrected chi connectivity index (χ3v) is 2.89. The van der Waals surface area contributed by atoms with E-state index in [1.54, 1.807) is 0 Å². The Hall–Kier alpha value is 0.269. The van der Waals surface area contributed by atoms with Gasteiger partial charge in [0.25, 0.3) is 0 Å². The van der Waals surface area contributed by atoms with E-state index in [4.69, 9.17) is 4.74 Å². The summed E-state index contributed by atoms with van der Waals surface area (Å²) in [5.41, 5.74) is 0. The molecule has 0 aliphatic rings. The topological polar surface area (TPSA) is 26.3 Å². The molecular weight excluding hydrogens is 319 g/mol. The van der Waals surface area contributed by atoms with Gasteiger partial charge in [-0.3, -0.25) is 4.79 Å². The van der Waals surface area contributed by atoms with Crippen molar-refractivity contribution in [3.8, 4) is 0 Å². The first-order chi connectivity index (χ1) is 7.76. The Balaban J connectivity index is 0. The molecule has 2 nitrogen and oxygen atoms in total. The molecule has 0 spiro atoms. The van der Waals surface area contributed by atoms with E-state index in [1.165, 1.54) is 0 Å². The fourth-order valence-electron chi connectivity index (χ4n) is 1.72. The van der Waals surface area contributed by atoms with E-state index in [0.29, 0.717) is 6.61 Å². The molecule has 0 saturated heterocycles. The van der Waals surface area contributed by atoms with Gasteiger partial charge >= 0.3 is 29.9 Å². The molecule has 0 aromatic heterocycles. The van der Waals surface area contributed by atoms with Gasteiger partial charge in [-0.25, -0.2) is 0 Å². The summed E-state index contributed by atoms with van der Waals surface area (Å²) in [6.45, 7) is 7.04. The van der Waals surface area contributed by atoms with Crippen molar-refractivity contribution in [3.63, 3.8) is 0 Å². The third kappa shape index (κ3) is 11.1. The summed E-state index contributed by atoms with van der Waals surface area (Å²) in [5.74, 6) is 0.187. The Morgan fingerprint density at radius 2 is 1.41 bits per heavy atom. The average Bonchev–Trinajstić information content (AvgIpc) is 2.29. The Morgan fingerprint density at radius 3 is 1.82 bits per heavy atom. The fraction of sp³-hybridized carbons (Fsp3) is 0.929. The number of hydrogen-bond acceptors (Lipinski definition) is 2. The summed E-state index contributed by atoms with van der Waals surface area (Å²) >= 11 is 0. The van der Waals surface area contributed by atoms with Crippen LogP contribution >= 0.6 is 0 Å². The summed E-state index contributed by atoms with van der Waals surface area (Å²) in [5, 5.41) is 0. The zero-order valence-corrected chi connectivity index (χ0v) is 11.3. The molecule has 0 N–H and O–H groups in total. The molecule has 0 aromatic carbocycles. The monoisotopic (exact) mass is 352 g/mol. The third-order valence-electron chi connectivity index (χ3n) is 2.89. The van der Waals surface area contributed by atoms with E-state index >= 15 is 0 Å².